The second kappa shape index (κ2) is 8.53. The molecule has 1 aliphatic heterocycles. The van der Waals surface area contributed by atoms with Crippen LogP contribution in [0.2, 0.25) is 0 Å². The van der Waals surface area contributed by atoms with Gasteiger partial charge in [0, 0.05) is 24.7 Å². The van der Waals surface area contributed by atoms with Gasteiger partial charge in [-0.1, -0.05) is 62.4 Å². The molecular formula is C31H36N2O. The number of nitrogens with zero attached hydrogens (tertiary/aromatic N) is 1. The van der Waals surface area contributed by atoms with Gasteiger partial charge in [-0.15, -0.1) is 0 Å². The first-order valence-corrected chi connectivity index (χ1v) is 13.1. The molecule has 2 fully saturated rings. The minimum atomic E-state index is 0.0492. The molecular weight excluding hydrogens is 416 g/mol. The highest BCUT2D eigenvalue weighted by molar-refractivity contribution is 5.94. The van der Waals surface area contributed by atoms with E-state index in [2.05, 4.69) is 78.7 Å². The number of fused-ring (bicyclic) bond motifs is 5. The van der Waals surface area contributed by atoms with Crippen LogP contribution in [0.5, 0.6) is 0 Å². The third kappa shape index (κ3) is 3.94. The van der Waals surface area contributed by atoms with Crippen molar-refractivity contribution >= 4 is 16.7 Å². The van der Waals surface area contributed by atoms with Crippen LogP contribution in [-0.4, -0.2) is 36.5 Å². The van der Waals surface area contributed by atoms with Crippen LogP contribution in [0, 0.1) is 11.8 Å². The average Bonchev–Trinajstić information content (AvgIpc) is 3.67. The summed E-state index contributed by atoms with van der Waals surface area (Å²) in [4.78, 5) is 15.8. The Kier molecular flexibility index (Phi) is 5.49. The molecule has 1 saturated carbocycles. The van der Waals surface area contributed by atoms with Crippen LogP contribution in [-0.2, 0) is 18.3 Å². The molecule has 0 aromatic heterocycles. The van der Waals surface area contributed by atoms with E-state index in [1.165, 1.54) is 59.8 Å². The van der Waals surface area contributed by atoms with E-state index in [1.807, 2.05) is 6.07 Å². The van der Waals surface area contributed by atoms with Crippen molar-refractivity contribution in [3.8, 4) is 0 Å². The molecule has 6 rings (SSSR count). The van der Waals surface area contributed by atoms with E-state index >= 15 is 0 Å². The van der Waals surface area contributed by atoms with Crippen LogP contribution in [0.3, 0.4) is 0 Å². The maximum atomic E-state index is 13.1. The van der Waals surface area contributed by atoms with E-state index in [0.717, 1.165) is 24.3 Å². The van der Waals surface area contributed by atoms with E-state index in [1.54, 1.807) is 0 Å². The SMILES string of the molecule is C[C@H]1C2Cc3ccc(C(=O)NCCc4ccc5ccccc5c4)cc3[C@@]1(C)CCN2CC1CC1. The summed E-state index contributed by atoms with van der Waals surface area (Å²) in [7, 11) is 0. The van der Waals surface area contributed by atoms with Gasteiger partial charge < -0.3 is 5.32 Å². The van der Waals surface area contributed by atoms with Gasteiger partial charge in [0.2, 0.25) is 0 Å². The second-order valence-corrected chi connectivity index (χ2v) is 11.2. The summed E-state index contributed by atoms with van der Waals surface area (Å²) < 4.78 is 0. The number of benzene rings is 3. The van der Waals surface area contributed by atoms with Gasteiger partial charge in [0.1, 0.15) is 0 Å². The van der Waals surface area contributed by atoms with Gasteiger partial charge in [-0.2, -0.15) is 0 Å². The molecule has 3 atom stereocenters. The zero-order valence-electron chi connectivity index (χ0n) is 20.5. The first kappa shape index (κ1) is 21.9. The molecule has 34 heavy (non-hydrogen) atoms. The molecule has 3 aromatic carbocycles. The standard InChI is InChI=1S/C31H36N2O/c1-21-29-19-26-11-12-27(18-28(26)31(21,2)14-16-33(29)20-23-7-8-23)30(34)32-15-13-22-9-10-24-5-3-4-6-25(24)17-22/h3-6,9-12,17-18,21,23,29H,7-8,13-16,19-20H2,1-2H3,(H,32,34)/t21-,29?,31-/m0/s1. The Bertz CT molecular complexity index is 1230. The third-order valence-electron chi connectivity index (χ3n) is 9.09. The highest BCUT2D eigenvalue weighted by Crippen LogP contribution is 2.49. The molecule has 1 heterocycles. The Labute approximate surface area is 203 Å². The predicted octanol–water partition coefficient (Wildman–Crippen LogP) is 5.75. The van der Waals surface area contributed by atoms with Crippen molar-refractivity contribution in [3.63, 3.8) is 0 Å². The lowest BCUT2D eigenvalue weighted by atomic mass is 9.59. The van der Waals surface area contributed by atoms with Gasteiger partial charge >= 0.3 is 0 Å². The van der Waals surface area contributed by atoms with Gasteiger partial charge in [-0.05, 0) is 95.5 Å². The van der Waals surface area contributed by atoms with Crippen LogP contribution < -0.4 is 5.32 Å². The molecule has 3 aliphatic rings. The van der Waals surface area contributed by atoms with Crippen molar-refractivity contribution in [1.82, 2.24) is 10.2 Å². The molecule has 2 aliphatic carbocycles. The Balaban J connectivity index is 1.14. The molecule has 176 valence electrons. The number of carbonyl (C=O) groups is 1. The first-order valence-electron chi connectivity index (χ1n) is 13.1. The van der Waals surface area contributed by atoms with Crippen LogP contribution in [0.4, 0.5) is 0 Å². The van der Waals surface area contributed by atoms with Crippen LogP contribution >= 0.6 is 0 Å². The molecule has 3 heteroatoms. The lowest BCUT2D eigenvalue weighted by Crippen LogP contribution is -2.58. The zero-order chi connectivity index (χ0) is 23.3. The summed E-state index contributed by atoms with van der Waals surface area (Å²) >= 11 is 0. The van der Waals surface area contributed by atoms with Gasteiger partial charge in [0.05, 0.1) is 0 Å². The quantitative estimate of drug-likeness (QED) is 0.517. The molecule has 1 amide bonds. The molecule has 0 radical (unpaired) electrons. The molecule has 2 bridgehead atoms. The van der Waals surface area contributed by atoms with E-state index in [-0.39, 0.29) is 11.3 Å². The van der Waals surface area contributed by atoms with Gasteiger partial charge in [0.15, 0.2) is 0 Å². The minimum absolute atomic E-state index is 0.0492. The number of hydrogen-bond acceptors (Lipinski definition) is 2. The summed E-state index contributed by atoms with van der Waals surface area (Å²) in [5.74, 6) is 1.62. The van der Waals surface area contributed by atoms with Crippen molar-refractivity contribution in [2.75, 3.05) is 19.6 Å². The number of rotatable bonds is 6. The minimum Gasteiger partial charge on any atom is -0.352 e. The molecule has 0 spiro atoms. The molecule has 3 nitrogen and oxygen atoms in total. The molecule has 1 saturated heterocycles. The Morgan fingerprint density at radius 2 is 1.88 bits per heavy atom. The second-order valence-electron chi connectivity index (χ2n) is 11.2. The number of likely N-dealkylation sites (tertiary alicyclic amines) is 1. The van der Waals surface area contributed by atoms with Crippen LogP contribution in [0.25, 0.3) is 10.8 Å². The lowest BCUT2D eigenvalue weighted by molar-refractivity contribution is 0.0284. The zero-order valence-corrected chi connectivity index (χ0v) is 20.5. The molecule has 1 unspecified atom stereocenters. The molecule has 1 N–H and O–H groups in total. The summed E-state index contributed by atoms with van der Waals surface area (Å²) in [6.07, 6.45) is 6.00. The molecule has 3 aromatic rings. The van der Waals surface area contributed by atoms with E-state index in [0.29, 0.717) is 18.5 Å². The topological polar surface area (TPSA) is 32.3 Å². The average molecular weight is 453 g/mol. The fourth-order valence-electron chi connectivity index (χ4n) is 6.52. The smallest absolute Gasteiger partial charge is 0.251 e. The normalized spacial score (nSPS) is 26.3. The Hall–Kier alpha value is -2.65. The summed E-state index contributed by atoms with van der Waals surface area (Å²) in [5, 5.41) is 5.68. The van der Waals surface area contributed by atoms with Gasteiger partial charge in [-0.25, -0.2) is 0 Å². The van der Waals surface area contributed by atoms with Gasteiger partial charge in [0.25, 0.3) is 5.91 Å². The fourth-order valence-corrected chi connectivity index (χ4v) is 6.52. The number of carbonyl (C=O) groups excluding carboxylic acids is 1. The number of nitrogens with one attached hydrogen (secondary N) is 1. The van der Waals surface area contributed by atoms with Crippen molar-refractivity contribution in [3.05, 3.63) is 82.9 Å². The maximum absolute atomic E-state index is 13.1. The summed E-state index contributed by atoms with van der Waals surface area (Å²) in [6.45, 7) is 8.03. The number of piperidine rings is 1. The Morgan fingerprint density at radius 1 is 1.06 bits per heavy atom. The summed E-state index contributed by atoms with van der Waals surface area (Å²) in [5.41, 5.74) is 5.11. The largest absolute Gasteiger partial charge is 0.352 e. The monoisotopic (exact) mass is 452 g/mol. The lowest BCUT2D eigenvalue weighted by Gasteiger charge is -2.55. The Morgan fingerprint density at radius 3 is 2.71 bits per heavy atom. The van der Waals surface area contributed by atoms with Crippen LogP contribution in [0.1, 0.15) is 60.2 Å². The van der Waals surface area contributed by atoms with Gasteiger partial charge in [-0.3, -0.25) is 9.69 Å². The highest BCUT2D eigenvalue weighted by Gasteiger charge is 2.49. The highest BCUT2D eigenvalue weighted by atomic mass is 16.1. The third-order valence-corrected chi connectivity index (χ3v) is 9.09. The fraction of sp³-hybridized carbons (Fsp3) is 0.452. The predicted molar refractivity (Wildman–Crippen MR) is 139 cm³/mol. The number of hydrogen-bond donors (Lipinski definition) is 1. The maximum Gasteiger partial charge on any atom is 0.251 e. The first-order chi connectivity index (χ1) is 16.5. The van der Waals surface area contributed by atoms with Crippen molar-refractivity contribution in [1.29, 1.82) is 0 Å². The number of amides is 1. The van der Waals surface area contributed by atoms with E-state index < -0.39 is 0 Å². The van der Waals surface area contributed by atoms with E-state index in [4.69, 9.17) is 0 Å². The summed E-state index contributed by atoms with van der Waals surface area (Å²) in [6, 6.07) is 22.1. The van der Waals surface area contributed by atoms with E-state index in [9.17, 15) is 4.79 Å². The van der Waals surface area contributed by atoms with Crippen molar-refractivity contribution in [2.45, 2.75) is 57.4 Å². The van der Waals surface area contributed by atoms with Crippen molar-refractivity contribution < 1.29 is 4.79 Å². The van der Waals surface area contributed by atoms with Crippen molar-refractivity contribution in [2.24, 2.45) is 11.8 Å². The van der Waals surface area contributed by atoms with Crippen LogP contribution in [0.15, 0.2) is 60.7 Å².